The molecule has 1 aromatic carbocycles. The molecule has 0 aliphatic heterocycles. The summed E-state index contributed by atoms with van der Waals surface area (Å²) in [5, 5.41) is 8.95. The average Bonchev–Trinajstić information content (AvgIpc) is 2.27. The first-order valence-electron chi connectivity index (χ1n) is 5.62. The molecule has 2 nitrogen and oxygen atoms in total. The molecule has 0 fully saturated rings. The van der Waals surface area contributed by atoms with E-state index in [0.29, 0.717) is 17.4 Å². The van der Waals surface area contributed by atoms with Gasteiger partial charge in [0.15, 0.2) is 0 Å². The standard InChI is InChI=1S/C12H15BrF3NO/c1-2-5-17(6-7-18)11-8-9(13)3-4-10(11)12(14,15)16/h3-4,8,18H,2,5-7H2,1H3. The van der Waals surface area contributed by atoms with Crippen LogP contribution in [-0.2, 0) is 6.18 Å². The van der Waals surface area contributed by atoms with Gasteiger partial charge in [0, 0.05) is 17.6 Å². The normalized spacial score (nSPS) is 11.7. The summed E-state index contributed by atoms with van der Waals surface area (Å²) in [7, 11) is 0. The molecule has 0 bridgehead atoms. The van der Waals surface area contributed by atoms with Crippen LogP contribution in [0.4, 0.5) is 18.9 Å². The molecule has 0 heterocycles. The lowest BCUT2D eigenvalue weighted by Crippen LogP contribution is -2.29. The van der Waals surface area contributed by atoms with Crippen molar-refractivity contribution in [1.82, 2.24) is 0 Å². The first-order chi connectivity index (χ1) is 8.40. The summed E-state index contributed by atoms with van der Waals surface area (Å²) in [6.07, 6.45) is -3.68. The van der Waals surface area contributed by atoms with E-state index >= 15 is 0 Å². The predicted octanol–water partition coefficient (Wildman–Crippen LogP) is 3.68. The summed E-state index contributed by atoms with van der Waals surface area (Å²) < 4.78 is 39.3. The van der Waals surface area contributed by atoms with Gasteiger partial charge in [0.25, 0.3) is 0 Å². The van der Waals surface area contributed by atoms with E-state index in [2.05, 4.69) is 15.9 Å². The zero-order valence-corrected chi connectivity index (χ0v) is 11.6. The fraction of sp³-hybridized carbons (Fsp3) is 0.500. The van der Waals surface area contributed by atoms with Crippen LogP contribution < -0.4 is 4.90 Å². The van der Waals surface area contributed by atoms with Crippen molar-refractivity contribution in [3.8, 4) is 0 Å². The van der Waals surface area contributed by atoms with Gasteiger partial charge in [0.2, 0.25) is 0 Å². The minimum absolute atomic E-state index is 0.104. The maximum Gasteiger partial charge on any atom is 0.418 e. The Kier molecular flexibility index (Phi) is 5.47. The third-order valence-electron chi connectivity index (χ3n) is 2.47. The summed E-state index contributed by atoms with van der Waals surface area (Å²) in [6, 6.07) is 3.86. The highest BCUT2D eigenvalue weighted by molar-refractivity contribution is 9.10. The lowest BCUT2D eigenvalue weighted by atomic mass is 10.1. The third-order valence-corrected chi connectivity index (χ3v) is 2.96. The second-order valence-electron chi connectivity index (χ2n) is 3.87. The van der Waals surface area contributed by atoms with Crippen molar-refractivity contribution in [2.24, 2.45) is 0 Å². The van der Waals surface area contributed by atoms with Gasteiger partial charge in [-0.1, -0.05) is 22.9 Å². The highest BCUT2D eigenvalue weighted by Gasteiger charge is 2.34. The minimum Gasteiger partial charge on any atom is -0.395 e. The quantitative estimate of drug-likeness (QED) is 0.892. The van der Waals surface area contributed by atoms with Gasteiger partial charge in [-0.15, -0.1) is 0 Å². The monoisotopic (exact) mass is 325 g/mol. The molecule has 18 heavy (non-hydrogen) atoms. The zero-order chi connectivity index (χ0) is 13.8. The number of nitrogens with zero attached hydrogens (tertiary/aromatic N) is 1. The Morgan fingerprint density at radius 1 is 1.28 bits per heavy atom. The molecular formula is C12H15BrF3NO. The number of hydrogen-bond donors (Lipinski definition) is 1. The molecule has 0 saturated heterocycles. The second kappa shape index (κ2) is 6.43. The Hall–Kier alpha value is -0.750. The van der Waals surface area contributed by atoms with Crippen LogP contribution in [0.1, 0.15) is 18.9 Å². The highest BCUT2D eigenvalue weighted by Crippen LogP contribution is 2.38. The van der Waals surface area contributed by atoms with E-state index in [0.717, 1.165) is 6.07 Å². The maximum absolute atomic E-state index is 12.9. The molecule has 0 unspecified atom stereocenters. The van der Waals surface area contributed by atoms with Gasteiger partial charge < -0.3 is 10.0 Å². The Labute approximate surface area is 113 Å². The number of anilines is 1. The first kappa shape index (κ1) is 15.3. The maximum atomic E-state index is 12.9. The Morgan fingerprint density at radius 2 is 1.94 bits per heavy atom. The molecule has 0 spiro atoms. The van der Waals surface area contributed by atoms with Crippen LogP contribution in [0.15, 0.2) is 22.7 Å². The fourth-order valence-electron chi connectivity index (χ4n) is 1.75. The molecule has 6 heteroatoms. The number of halogens is 4. The van der Waals surface area contributed by atoms with Crippen molar-refractivity contribution in [3.05, 3.63) is 28.2 Å². The lowest BCUT2D eigenvalue weighted by Gasteiger charge is -2.27. The fourth-order valence-corrected chi connectivity index (χ4v) is 2.10. The van der Waals surface area contributed by atoms with Crippen molar-refractivity contribution >= 4 is 21.6 Å². The first-order valence-corrected chi connectivity index (χ1v) is 6.42. The average molecular weight is 326 g/mol. The zero-order valence-electron chi connectivity index (χ0n) is 9.97. The van der Waals surface area contributed by atoms with E-state index in [1.165, 1.54) is 12.1 Å². The van der Waals surface area contributed by atoms with E-state index in [-0.39, 0.29) is 18.8 Å². The topological polar surface area (TPSA) is 23.5 Å². The Balaban J connectivity index is 3.21. The molecular weight excluding hydrogens is 311 g/mol. The van der Waals surface area contributed by atoms with Crippen molar-refractivity contribution in [2.75, 3.05) is 24.6 Å². The van der Waals surface area contributed by atoms with Gasteiger partial charge in [0.05, 0.1) is 17.9 Å². The van der Waals surface area contributed by atoms with Crippen LogP contribution in [0.2, 0.25) is 0 Å². The lowest BCUT2D eigenvalue weighted by molar-refractivity contribution is -0.137. The molecule has 1 N–H and O–H groups in total. The summed E-state index contributed by atoms with van der Waals surface area (Å²) >= 11 is 3.18. The molecule has 0 amide bonds. The molecule has 0 aliphatic carbocycles. The number of alkyl halides is 3. The largest absolute Gasteiger partial charge is 0.418 e. The van der Waals surface area contributed by atoms with E-state index in [1.807, 2.05) is 6.92 Å². The Morgan fingerprint density at radius 3 is 2.44 bits per heavy atom. The molecule has 0 aromatic heterocycles. The van der Waals surface area contributed by atoms with Crippen LogP contribution in [-0.4, -0.2) is 24.8 Å². The van der Waals surface area contributed by atoms with Crippen molar-refractivity contribution in [2.45, 2.75) is 19.5 Å². The molecule has 1 aromatic rings. The smallest absolute Gasteiger partial charge is 0.395 e. The van der Waals surface area contributed by atoms with E-state index < -0.39 is 11.7 Å². The van der Waals surface area contributed by atoms with Gasteiger partial charge in [0.1, 0.15) is 0 Å². The van der Waals surface area contributed by atoms with E-state index in [1.54, 1.807) is 4.90 Å². The van der Waals surface area contributed by atoms with Crippen LogP contribution in [0.25, 0.3) is 0 Å². The molecule has 1 rings (SSSR count). The number of rotatable bonds is 5. The molecule has 0 atom stereocenters. The van der Waals surface area contributed by atoms with E-state index in [4.69, 9.17) is 5.11 Å². The third kappa shape index (κ3) is 3.88. The molecule has 0 saturated carbocycles. The molecule has 0 aliphatic rings. The van der Waals surface area contributed by atoms with Gasteiger partial charge >= 0.3 is 6.18 Å². The van der Waals surface area contributed by atoms with Gasteiger partial charge in [-0.3, -0.25) is 0 Å². The highest BCUT2D eigenvalue weighted by atomic mass is 79.9. The molecule has 0 radical (unpaired) electrons. The summed E-state index contributed by atoms with van der Waals surface area (Å²) in [4.78, 5) is 1.55. The minimum atomic E-state index is -4.39. The summed E-state index contributed by atoms with van der Waals surface area (Å²) in [5.41, 5.74) is -0.569. The number of hydrogen-bond acceptors (Lipinski definition) is 2. The van der Waals surface area contributed by atoms with Gasteiger partial charge in [-0.05, 0) is 24.6 Å². The van der Waals surface area contributed by atoms with Gasteiger partial charge in [-0.25, -0.2) is 0 Å². The number of benzene rings is 1. The van der Waals surface area contributed by atoms with Crippen molar-refractivity contribution < 1.29 is 18.3 Å². The Bertz CT molecular complexity index is 389. The molecule has 102 valence electrons. The van der Waals surface area contributed by atoms with Gasteiger partial charge in [-0.2, -0.15) is 13.2 Å². The SMILES string of the molecule is CCCN(CCO)c1cc(Br)ccc1C(F)(F)F. The van der Waals surface area contributed by atoms with Crippen molar-refractivity contribution in [3.63, 3.8) is 0 Å². The van der Waals surface area contributed by atoms with Crippen LogP contribution in [0, 0.1) is 0 Å². The second-order valence-corrected chi connectivity index (χ2v) is 4.79. The number of aliphatic hydroxyl groups excluding tert-OH is 1. The number of aliphatic hydroxyl groups is 1. The van der Waals surface area contributed by atoms with Crippen LogP contribution in [0.5, 0.6) is 0 Å². The summed E-state index contributed by atoms with van der Waals surface area (Å²) in [6.45, 7) is 2.37. The predicted molar refractivity (Wildman–Crippen MR) is 68.7 cm³/mol. The summed E-state index contributed by atoms with van der Waals surface area (Å²) in [5.74, 6) is 0. The van der Waals surface area contributed by atoms with Crippen LogP contribution in [0.3, 0.4) is 0 Å². The van der Waals surface area contributed by atoms with Crippen LogP contribution >= 0.6 is 15.9 Å². The van der Waals surface area contributed by atoms with E-state index in [9.17, 15) is 13.2 Å². The van der Waals surface area contributed by atoms with Crippen molar-refractivity contribution in [1.29, 1.82) is 0 Å².